The molecule has 94 valence electrons. The highest BCUT2D eigenvalue weighted by Crippen LogP contribution is 2.30. The number of hydrogen-bond donors (Lipinski definition) is 1. The third-order valence-corrected chi connectivity index (χ3v) is 3.07. The number of rotatable bonds is 6. The summed E-state index contributed by atoms with van der Waals surface area (Å²) in [7, 11) is 1.59. The minimum absolute atomic E-state index is 0.133. The van der Waals surface area contributed by atoms with E-state index in [2.05, 4.69) is 4.90 Å². The maximum atomic E-state index is 13.2. The molecule has 1 aromatic rings. The molecule has 1 fully saturated rings. The molecule has 0 amide bonds. The molecule has 1 N–H and O–H groups in total. The van der Waals surface area contributed by atoms with Gasteiger partial charge in [0.15, 0.2) is 0 Å². The molecule has 1 aliphatic carbocycles. The van der Waals surface area contributed by atoms with E-state index < -0.39 is 0 Å². The van der Waals surface area contributed by atoms with Gasteiger partial charge >= 0.3 is 0 Å². The van der Waals surface area contributed by atoms with Crippen molar-refractivity contribution in [2.45, 2.75) is 25.4 Å². The van der Waals surface area contributed by atoms with E-state index in [4.69, 9.17) is 9.84 Å². The Labute approximate surface area is 101 Å². The van der Waals surface area contributed by atoms with Crippen molar-refractivity contribution in [3.63, 3.8) is 0 Å². The monoisotopic (exact) mass is 239 g/mol. The van der Waals surface area contributed by atoms with E-state index in [1.165, 1.54) is 12.1 Å². The minimum atomic E-state index is -0.249. The van der Waals surface area contributed by atoms with Gasteiger partial charge in [-0.05, 0) is 31.0 Å². The standard InChI is InChI=1S/C13H18FNO2/c1-17-13-5-2-11(14)8-10(13)9-15(6-7-16)12-3-4-12/h2,5,8,12,16H,3-4,6-7,9H2,1H3. The van der Waals surface area contributed by atoms with E-state index in [0.29, 0.717) is 24.9 Å². The summed E-state index contributed by atoms with van der Waals surface area (Å²) in [6, 6.07) is 5.09. The Morgan fingerprint density at radius 3 is 2.82 bits per heavy atom. The van der Waals surface area contributed by atoms with Crippen LogP contribution in [0, 0.1) is 5.82 Å². The van der Waals surface area contributed by atoms with Crippen LogP contribution >= 0.6 is 0 Å². The molecule has 4 heteroatoms. The molecule has 0 aromatic heterocycles. The first-order valence-corrected chi connectivity index (χ1v) is 5.92. The zero-order chi connectivity index (χ0) is 12.3. The largest absolute Gasteiger partial charge is 0.496 e. The van der Waals surface area contributed by atoms with Crippen molar-refractivity contribution >= 4 is 0 Å². The van der Waals surface area contributed by atoms with Crippen LogP contribution in [0.3, 0.4) is 0 Å². The van der Waals surface area contributed by atoms with E-state index in [1.54, 1.807) is 13.2 Å². The predicted octanol–water partition coefficient (Wildman–Crippen LogP) is 1.79. The fourth-order valence-corrected chi connectivity index (χ4v) is 2.05. The summed E-state index contributed by atoms with van der Waals surface area (Å²) in [6.45, 7) is 1.39. The fourth-order valence-electron chi connectivity index (χ4n) is 2.05. The predicted molar refractivity (Wildman–Crippen MR) is 63.5 cm³/mol. The second-order valence-electron chi connectivity index (χ2n) is 4.38. The van der Waals surface area contributed by atoms with Gasteiger partial charge in [0, 0.05) is 24.7 Å². The van der Waals surface area contributed by atoms with Gasteiger partial charge in [0.25, 0.3) is 0 Å². The fraction of sp³-hybridized carbons (Fsp3) is 0.538. The van der Waals surface area contributed by atoms with Crippen molar-refractivity contribution in [3.05, 3.63) is 29.6 Å². The van der Waals surface area contributed by atoms with Gasteiger partial charge in [0.1, 0.15) is 11.6 Å². The second-order valence-corrected chi connectivity index (χ2v) is 4.38. The highest BCUT2D eigenvalue weighted by molar-refractivity contribution is 5.34. The number of aliphatic hydroxyl groups is 1. The molecule has 1 aromatic carbocycles. The molecule has 3 nitrogen and oxygen atoms in total. The first kappa shape index (κ1) is 12.3. The van der Waals surface area contributed by atoms with Crippen LogP contribution in [-0.4, -0.2) is 36.3 Å². The molecule has 0 bridgehead atoms. The van der Waals surface area contributed by atoms with Gasteiger partial charge in [-0.15, -0.1) is 0 Å². The maximum absolute atomic E-state index is 13.2. The zero-order valence-electron chi connectivity index (χ0n) is 10.0. The van der Waals surface area contributed by atoms with E-state index >= 15 is 0 Å². The molecular formula is C13H18FNO2. The van der Waals surface area contributed by atoms with Crippen molar-refractivity contribution in [2.75, 3.05) is 20.3 Å². The third kappa shape index (κ3) is 3.17. The quantitative estimate of drug-likeness (QED) is 0.821. The average molecular weight is 239 g/mol. The van der Waals surface area contributed by atoms with E-state index in [0.717, 1.165) is 18.4 Å². The first-order chi connectivity index (χ1) is 8.24. The Bertz CT molecular complexity index is 380. The van der Waals surface area contributed by atoms with Gasteiger partial charge < -0.3 is 9.84 Å². The molecule has 0 heterocycles. The number of ether oxygens (including phenoxy) is 1. The van der Waals surface area contributed by atoms with Crippen LogP contribution in [0.1, 0.15) is 18.4 Å². The molecule has 1 aliphatic rings. The van der Waals surface area contributed by atoms with Crippen LogP contribution < -0.4 is 4.74 Å². The number of benzene rings is 1. The van der Waals surface area contributed by atoms with Gasteiger partial charge in [-0.2, -0.15) is 0 Å². The number of halogens is 1. The normalized spacial score (nSPS) is 15.3. The SMILES string of the molecule is COc1ccc(F)cc1CN(CCO)C1CC1. The number of aliphatic hydroxyl groups excluding tert-OH is 1. The molecule has 0 aliphatic heterocycles. The molecule has 2 rings (SSSR count). The Morgan fingerprint density at radius 1 is 1.47 bits per heavy atom. The summed E-state index contributed by atoms with van der Waals surface area (Å²) in [4.78, 5) is 2.18. The average Bonchev–Trinajstić information content (AvgIpc) is 3.13. The van der Waals surface area contributed by atoms with Crippen LogP contribution in [0.2, 0.25) is 0 Å². The van der Waals surface area contributed by atoms with Crippen LogP contribution in [0.4, 0.5) is 4.39 Å². The van der Waals surface area contributed by atoms with E-state index in [-0.39, 0.29) is 12.4 Å². The molecule has 0 saturated heterocycles. The summed E-state index contributed by atoms with van der Waals surface area (Å²) < 4.78 is 18.4. The Hall–Kier alpha value is -1.13. The molecule has 1 saturated carbocycles. The van der Waals surface area contributed by atoms with Gasteiger partial charge in [-0.1, -0.05) is 0 Å². The van der Waals surface area contributed by atoms with Gasteiger partial charge in [-0.3, -0.25) is 4.90 Å². The smallest absolute Gasteiger partial charge is 0.123 e. The Morgan fingerprint density at radius 2 is 2.24 bits per heavy atom. The topological polar surface area (TPSA) is 32.7 Å². The summed E-state index contributed by atoms with van der Waals surface area (Å²) in [5.41, 5.74) is 0.841. The molecule has 0 spiro atoms. The summed E-state index contributed by atoms with van der Waals surface area (Å²) >= 11 is 0. The van der Waals surface area contributed by atoms with Gasteiger partial charge in [0.2, 0.25) is 0 Å². The lowest BCUT2D eigenvalue weighted by atomic mass is 10.1. The van der Waals surface area contributed by atoms with E-state index in [9.17, 15) is 4.39 Å². The van der Waals surface area contributed by atoms with E-state index in [1.807, 2.05) is 0 Å². The van der Waals surface area contributed by atoms with Crippen molar-refractivity contribution in [1.29, 1.82) is 0 Å². The highest BCUT2D eigenvalue weighted by Gasteiger charge is 2.29. The van der Waals surface area contributed by atoms with Crippen molar-refractivity contribution in [2.24, 2.45) is 0 Å². The maximum Gasteiger partial charge on any atom is 0.123 e. The minimum Gasteiger partial charge on any atom is -0.496 e. The number of methoxy groups -OCH3 is 1. The lowest BCUT2D eigenvalue weighted by Crippen LogP contribution is -2.28. The first-order valence-electron chi connectivity index (χ1n) is 5.92. The van der Waals surface area contributed by atoms with Crippen LogP contribution in [-0.2, 0) is 6.54 Å². The molecular weight excluding hydrogens is 221 g/mol. The zero-order valence-corrected chi connectivity index (χ0v) is 10.0. The van der Waals surface area contributed by atoms with Crippen LogP contribution in [0.25, 0.3) is 0 Å². The van der Waals surface area contributed by atoms with Crippen LogP contribution in [0.5, 0.6) is 5.75 Å². The third-order valence-electron chi connectivity index (χ3n) is 3.07. The summed E-state index contributed by atoms with van der Waals surface area (Å²) in [6.07, 6.45) is 2.33. The van der Waals surface area contributed by atoms with Gasteiger partial charge in [-0.25, -0.2) is 4.39 Å². The number of nitrogens with zero attached hydrogens (tertiary/aromatic N) is 1. The lowest BCUT2D eigenvalue weighted by molar-refractivity contribution is 0.182. The number of hydrogen-bond acceptors (Lipinski definition) is 3. The van der Waals surface area contributed by atoms with Crippen LogP contribution in [0.15, 0.2) is 18.2 Å². The molecule has 17 heavy (non-hydrogen) atoms. The lowest BCUT2D eigenvalue weighted by Gasteiger charge is -2.22. The summed E-state index contributed by atoms with van der Waals surface area (Å²) in [5, 5.41) is 9.03. The second kappa shape index (κ2) is 5.47. The van der Waals surface area contributed by atoms with Crippen molar-refractivity contribution < 1.29 is 14.2 Å². The molecule has 0 unspecified atom stereocenters. The molecule has 0 radical (unpaired) electrons. The van der Waals surface area contributed by atoms with Crippen molar-refractivity contribution in [3.8, 4) is 5.75 Å². The molecule has 0 atom stereocenters. The Kier molecular flexibility index (Phi) is 3.97. The highest BCUT2D eigenvalue weighted by atomic mass is 19.1. The Balaban J connectivity index is 2.11. The van der Waals surface area contributed by atoms with Gasteiger partial charge in [0.05, 0.1) is 13.7 Å². The van der Waals surface area contributed by atoms with Crippen molar-refractivity contribution in [1.82, 2.24) is 4.90 Å². The summed E-state index contributed by atoms with van der Waals surface area (Å²) in [5.74, 6) is 0.454.